The van der Waals surface area contributed by atoms with E-state index in [4.69, 9.17) is 12.6 Å². The van der Waals surface area contributed by atoms with Gasteiger partial charge in [-0.05, 0) is 24.0 Å². The first kappa shape index (κ1) is 13.6. The molecule has 3 aromatic rings. The summed E-state index contributed by atoms with van der Waals surface area (Å²) in [5, 5.41) is 11.5. The number of nitriles is 1. The second-order valence-electron chi connectivity index (χ2n) is 5.60. The van der Waals surface area contributed by atoms with Gasteiger partial charge in [-0.15, -0.1) is 11.3 Å². The maximum Gasteiger partial charge on any atom is 0.125 e. The van der Waals surface area contributed by atoms with E-state index in [-0.39, 0.29) is 0 Å². The lowest BCUT2D eigenvalue weighted by atomic mass is 9.70. The van der Waals surface area contributed by atoms with Crippen LogP contribution >= 0.6 is 11.3 Å². The number of aryl methyl sites for hydroxylation is 1. The van der Waals surface area contributed by atoms with Crippen LogP contribution in [0.5, 0.6) is 0 Å². The van der Waals surface area contributed by atoms with Gasteiger partial charge in [0, 0.05) is 16.7 Å². The molecule has 2 heterocycles. The molecule has 0 bridgehead atoms. The Hall–Kier alpha value is -2.03. The molecule has 0 fully saturated rings. The van der Waals surface area contributed by atoms with Gasteiger partial charge in [0.25, 0.3) is 0 Å². The lowest BCUT2D eigenvalue weighted by Gasteiger charge is -2.31. The van der Waals surface area contributed by atoms with Gasteiger partial charge in [0.1, 0.15) is 11.2 Å². The summed E-state index contributed by atoms with van der Waals surface area (Å²) in [5.41, 5.74) is 1.92. The predicted molar refractivity (Wildman–Crippen MR) is 88.8 cm³/mol. The molecule has 5 heteroatoms. The SMILES string of the molecule is N#C[C@]1(c2ccccc2)CCc2c(sc3ncnc([S-])c23)C1. The monoisotopic (exact) mass is 322 g/mol. The fourth-order valence-electron chi connectivity index (χ4n) is 3.28. The maximum absolute atomic E-state index is 9.86. The average Bonchev–Trinajstić information content (AvgIpc) is 2.94. The fraction of sp³-hybridized carbons (Fsp3) is 0.235. The summed E-state index contributed by atoms with van der Waals surface area (Å²) in [6.07, 6.45) is 3.94. The first-order valence-corrected chi connectivity index (χ1v) is 8.35. The molecule has 0 unspecified atom stereocenters. The zero-order chi connectivity index (χ0) is 15.2. The Morgan fingerprint density at radius 1 is 1.23 bits per heavy atom. The maximum atomic E-state index is 9.86. The first-order valence-electron chi connectivity index (χ1n) is 7.12. The van der Waals surface area contributed by atoms with E-state index in [1.54, 1.807) is 11.3 Å². The summed E-state index contributed by atoms with van der Waals surface area (Å²) < 4.78 is 0. The van der Waals surface area contributed by atoms with Gasteiger partial charge in [-0.3, -0.25) is 4.98 Å². The van der Waals surface area contributed by atoms with Crippen LogP contribution in [-0.4, -0.2) is 9.97 Å². The molecular formula is C17H12N3S2-. The van der Waals surface area contributed by atoms with Gasteiger partial charge in [0.2, 0.25) is 0 Å². The predicted octanol–water partition coefficient (Wildman–Crippen LogP) is 3.55. The molecule has 22 heavy (non-hydrogen) atoms. The molecule has 108 valence electrons. The Morgan fingerprint density at radius 3 is 2.82 bits per heavy atom. The molecule has 4 rings (SSSR count). The van der Waals surface area contributed by atoms with Gasteiger partial charge in [-0.1, -0.05) is 35.4 Å². The van der Waals surface area contributed by atoms with Crippen molar-refractivity contribution in [3.8, 4) is 6.07 Å². The van der Waals surface area contributed by atoms with Crippen molar-refractivity contribution in [1.29, 1.82) is 5.26 Å². The van der Waals surface area contributed by atoms with Gasteiger partial charge in [-0.25, -0.2) is 4.98 Å². The van der Waals surface area contributed by atoms with Crippen molar-refractivity contribution in [2.24, 2.45) is 0 Å². The fourth-order valence-corrected chi connectivity index (χ4v) is 4.91. The molecule has 1 aromatic carbocycles. The Balaban J connectivity index is 1.86. The third-order valence-electron chi connectivity index (χ3n) is 4.44. The number of aromatic nitrogens is 2. The van der Waals surface area contributed by atoms with Crippen LogP contribution in [0.2, 0.25) is 0 Å². The van der Waals surface area contributed by atoms with Crippen molar-refractivity contribution in [2.45, 2.75) is 29.7 Å². The van der Waals surface area contributed by atoms with Crippen molar-refractivity contribution in [1.82, 2.24) is 9.97 Å². The third kappa shape index (κ3) is 1.92. The molecule has 0 N–H and O–H groups in total. The third-order valence-corrected chi connectivity index (χ3v) is 5.89. The molecule has 0 amide bonds. The highest BCUT2D eigenvalue weighted by Crippen LogP contribution is 2.44. The molecule has 0 radical (unpaired) electrons. The van der Waals surface area contributed by atoms with Gasteiger partial charge in [0.05, 0.1) is 11.5 Å². The molecule has 2 aromatic heterocycles. The molecule has 0 saturated carbocycles. The van der Waals surface area contributed by atoms with Crippen LogP contribution in [0.4, 0.5) is 0 Å². The van der Waals surface area contributed by atoms with E-state index >= 15 is 0 Å². The van der Waals surface area contributed by atoms with Crippen LogP contribution < -0.4 is 0 Å². The number of thiophene rings is 1. The van der Waals surface area contributed by atoms with Crippen molar-refractivity contribution >= 4 is 34.2 Å². The van der Waals surface area contributed by atoms with Crippen molar-refractivity contribution in [3.63, 3.8) is 0 Å². The summed E-state index contributed by atoms with van der Waals surface area (Å²) >= 11 is 7.02. The van der Waals surface area contributed by atoms with Crippen molar-refractivity contribution < 1.29 is 0 Å². The molecule has 1 atom stereocenters. The number of benzene rings is 1. The molecule has 0 spiro atoms. The van der Waals surface area contributed by atoms with E-state index < -0.39 is 5.41 Å². The average molecular weight is 322 g/mol. The Morgan fingerprint density at radius 2 is 2.05 bits per heavy atom. The minimum atomic E-state index is -0.440. The Kier molecular flexibility index (Phi) is 3.10. The summed E-state index contributed by atoms with van der Waals surface area (Å²) in [4.78, 5) is 10.7. The number of rotatable bonds is 1. The topological polar surface area (TPSA) is 49.6 Å². The molecule has 3 nitrogen and oxygen atoms in total. The van der Waals surface area contributed by atoms with E-state index in [0.717, 1.165) is 35.0 Å². The number of hydrogen-bond acceptors (Lipinski definition) is 5. The largest absolute Gasteiger partial charge is 0.759 e. The van der Waals surface area contributed by atoms with Crippen LogP contribution in [0.1, 0.15) is 22.4 Å². The Bertz CT molecular complexity index is 895. The smallest absolute Gasteiger partial charge is 0.125 e. The first-order chi connectivity index (χ1) is 10.7. The van der Waals surface area contributed by atoms with E-state index in [1.807, 2.05) is 18.2 Å². The lowest BCUT2D eigenvalue weighted by Crippen LogP contribution is -2.31. The molecule has 1 aliphatic rings. The minimum absolute atomic E-state index is 0.440. The molecule has 0 saturated heterocycles. The number of nitrogens with zero attached hydrogens (tertiary/aromatic N) is 3. The van der Waals surface area contributed by atoms with Crippen LogP contribution in [0.15, 0.2) is 41.7 Å². The van der Waals surface area contributed by atoms with Crippen molar-refractivity contribution in [2.75, 3.05) is 0 Å². The molecule has 0 aliphatic heterocycles. The zero-order valence-electron chi connectivity index (χ0n) is 11.7. The van der Waals surface area contributed by atoms with Gasteiger partial charge < -0.3 is 12.6 Å². The summed E-state index contributed by atoms with van der Waals surface area (Å²) in [6, 6.07) is 12.7. The number of hydrogen-bond donors (Lipinski definition) is 0. The van der Waals surface area contributed by atoms with E-state index in [0.29, 0.717) is 5.03 Å². The van der Waals surface area contributed by atoms with E-state index in [1.165, 1.54) is 16.8 Å². The summed E-state index contributed by atoms with van der Waals surface area (Å²) in [6.45, 7) is 0. The minimum Gasteiger partial charge on any atom is -0.759 e. The van der Waals surface area contributed by atoms with Gasteiger partial charge >= 0.3 is 0 Å². The highest BCUT2D eigenvalue weighted by atomic mass is 32.1. The second kappa shape index (κ2) is 5.01. The van der Waals surface area contributed by atoms with Crippen LogP contribution in [0.25, 0.3) is 10.2 Å². The van der Waals surface area contributed by atoms with E-state index in [9.17, 15) is 5.26 Å². The van der Waals surface area contributed by atoms with Crippen LogP contribution in [-0.2, 0) is 30.9 Å². The second-order valence-corrected chi connectivity index (χ2v) is 7.07. The summed E-state index contributed by atoms with van der Waals surface area (Å²) in [5.74, 6) is 0. The van der Waals surface area contributed by atoms with Crippen LogP contribution in [0, 0.1) is 11.3 Å². The Labute approximate surface area is 138 Å². The molecule has 1 aliphatic carbocycles. The lowest BCUT2D eigenvalue weighted by molar-refractivity contribution is 0.479. The normalized spacial score (nSPS) is 20.5. The number of fused-ring (bicyclic) bond motifs is 3. The van der Waals surface area contributed by atoms with Gasteiger partial charge in [0.15, 0.2) is 0 Å². The van der Waals surface area contributed by atoms with Crippen LogP contribution in [0.3, 0.4) is 0 Å². The highest BCUT2D eigenvalue weighted by molar-refractivity contribution is 7.59. The molecular weight excluding hydrogens is 310 g/mol. The highest BCUT2D eigenvalue weighted by Gasteiger charge is 2.38. The quantitative estimate of drug-likeness (QED) is 0.508. The zero-order valence-corrected chi connectivity index (χ0v) is 13.4. The standard InChI is InChI=1S/C17H13N3S2/c18-9-17(11-4-2-1-3-5-11)7-6-12-13(8-17)22-16-14(12)15(21)19-10-20-16/h1-5,10H,6-8H2,(H,19,20,21)/p-1/t17-/m0/s1. The van der Waals surface area contributed by atoms with E-state index in [2.05, 4.69) is 28.2 Å². The van der Waals surface area contributed by atoms with Crippen molar-refractivity contribution in [3.05, 3.63) is 52.7 Å². The van der Waals surface area contributed by atoms with Gasteiger partial charge in [-0.2, -0.15) is 5.26 Å². The summed E-state index contributed by atoms with van der Waals surface area (Å²) in [7, 11) is 0.